The number of alkyl halides is 3. The number of aromatic nitrogens is 2. The van der Waals surface area contributed by atoms with E-state index in [1.807, 2.05) is 30.3 Å². The summed E-state index contributed by atoms with van der Waals surface area (Å²) in [5.74, 6) is 0.547. The molecule has 1 aromatic heterocycles. The van der Waals surface area contributed by atoms with E-state index in [0.29, 0.717) is 17.9 Å². The lowest BCUT2D eigenvalue weighted by Crippen LogP contribution is -2.10. The van der Waals surface area contributed by atoms with Gasteiger partial charge in [-0.3, -0.25) is 0 Å². The lowest BCUT2D eigenvalue weighted by molar-refractivity contribution is -0.141. The second-order valence-electron chi connectivity index (χ2n) is 4.15. The predicted octanol–water partition coefficient (Wildman–Crippen LogP) is 4.35. The first-order valence-electron chi connectivity index (χ1n) is 6.11. The molecule has 0 spiro atoms. The van der Waals surface area contributed by atoms with Crippen molar-refractivity contribution in [3.8, 4) is 0 Å². The maximum absolute atomic E-state index is 12.7. The smallest absolute Gasteiger partial charge is 0.228 e. The highest BCUT2D eigenvalue weighted by atomic mass is 32.2. The monoisotopic (exact) mass is 298 g/mol. The Morgan fingerprint density at radius 3 is 2.40 bits per heavy atom. The van der Waals surface area contributed by atoms with E-state index in [1.54, 1.807) is 6.92 Å². The molecule has 2 aromatic rings. The van der Waals surface area contributed by atoms with E-state index in [1.165, 1.54) is 11.8 Å². The van der Waals surface area contributed by atoms with Gasteiger partial charge in [-0.2, -0.15) is 13.2 Å². The number of hydrogen-bond donors (Lipinski definition) is 0. The van der Waals surface area contributed by atoms with E-state index in [4.69, 9.17) is 0 Å². The van der Waals surface area contributed by atoms with Crippen LogP contribution in [0.4, 0.5) is 13.2 Å². The van der Waals surface area contributed by atoms with E-state index in [9.17, 15) is 13.2 Å². The van der Waals surface area contributed by atoms with Crippen molar-refractivity contribution in [2.75, 3.05) is 0 Å². The van der Waals surface area contributed by atoms with Gasteiger partial charge in [0.25, 0.3) is 0 Å². The third kappa shape index (κ3) is 3.96. The minimum Gasteiger partial charge on any atom is -0.228 e. The highest BCUT2D eigenvalue weighted by Gasteiger charge is 2.33. The topological polar surface area (TPSA) is 25.8 Å². The van der Waals surface area contributed by atoms with Crippen LogP contribution < -0.4 is 0 Å². The highest BCUT2D eigenvalue weighted by molar-refractivity contribution is 7.98. The van der Waals surface area contributed by atoms with Crippen molar-refractivity contribution in [1.29, 1.82) is 0 Å². The maximum Gasteiger partial charge on any atom is 0.433 e. The highest BCUT2D eigenvalue weighted by Crippen LogP contribution is 2.30. The van der Waals surface area contributed by atoms with Crippen LogP contribution in [-0.2, 0) is 18.3 Å². The Morgan fingerprint density at radius 1 is 1.10 bits per heavy atom. The van der Waals surface area contributed by atoms with E-state index < -0.39 is 11.9 Å². The van der Waals surface area contributed by atoms with Gasteiger partial charge in [0.2, 0.25) is 0 Å². The molecule has 2 nitrogen and oxygen atoms in total. The number of thioether (sulfide) groups is 1. The van der Waals surface area contributed by atoms with Crippen molar-refractivity contribution in [3.05, 3.63) is 53.3 Å². The molecule has 2 rings (SSSR count). The van der Waals surface area contributed by atoms with Crippen molar-refractivity contribution in [2.45, 2.75) is 30.4 Å². The number of hydrogen-bond acceptors (Lipinski definition) is 3. The normalized spacial score (nSPS) is 11.6. The molecule has 6 heteroatoms. The molecule has 0 aliphatic heterocycles. The zero-order chi connectivity index (χ0) is 14.6. The Morgan fingerprint density at radius 2 is 1.80 bits per heavy atom. The van der Waals surface area contributed by atoms with Crippen molar-refractivity contribution in [3.63, 3.8) is 0 Å². The van der Waals surface area contributed by atoms with Crippen LogP contribution in [0.5, 0.6) is 0 Å². The number of aryl methyl sites for hydroxylation is 1. The summed E-state index contributed by atoms with van der Waals surface area (Å²) < 4.78 is 38.2. The van der Waals surface area contributed by atoms with Gasteiger partial charge < -0.3 is 0 Å². The van der Waals surface area contributed by atoms with Crippen LogP contribution in [-0.4, -0.2) is 9.97 Å². The number of halogens is 3. The Balaban J connectivity index is 2.19. The van der Waals surface area contributed by atoms with Gasteiger partial charge >= 0.3 is 6.18 Å². The number of nitrogens with zero attached hydrogens (tertiary/aromatic N) is 2. The van der Waals surface area contributed by atoms with Gasteiger partial charge in [-0.1, -0.05) is 49.0 Å². The van der Waals surface area contributed by atoms with Gasteiger partial charge in [-0.25, -0.2) is 9.97 Å². The minimum absolute atomic E-state index is 0.167. The van der Waals surface area contributed by atoms with Crippen LogP contribution in [0.15, 0.2) is 41.6 Å². The van der Waals surface area contributed by atoms with Gasteiger partial charge in [-0.05, 0) is 18.1 Å². The fourth-order valence-electron chi connectivity index (χ4n) is 1.59. The van der Waals surface area contributed by atoms with E-state index >= 15 is 0 Å². The SMILES string of the molecule is CCc1cc(C(F)(F)F)nc(SCc2ccccc2)n1. The molecule has 0 saturated carbocycles. The summed E-state index contributed by atoms with van der Waals surface area (Å²) in [4.78, 5) is 7.73. The van der Waals surface area contributed by atoms with E-state index in [-0.39, 0.29) is 5.16 Å². The summed E-state index contributed by atoms with van der Waals surface area (Å²) in [6.07, 6.45) is -3.99. The zero-order valence-corrected chi connectivity index (χ0v) is 11.6. The minimum atomic E-state index is -4.44. The van der Waals surface area contributed by atoms with Crippen LogP contribution in [0.25, 0.3) is 0 Å². The number of rotatable bonds is 4. The van der Waals surface area contributed by atoms with Gasteiger partial charge in [0, 0.05) is 11.4 Å². The second kappa shape index (κ2) is 6.26. The summed E-state index contributed by atoms with van der Waals surface area (Å²) in [6, 6.07) is 10.5. The van der Waals surface area contributed by atoms with Crippen LogP contribution in [0.1, 0.15) is 23.9 Å². The lowest BCUT2D eigenvalue weighted by Gasteiger charge is -2.09. The first-order chi connectivity index (χ1) is 9.49. The maximum atomic E-state index is 12.7. The third-order valence-corrected chi connectivity index (χ3v) is 3.54. The van der Waals surface area contributed by atoms with Gasteiger partial charge in [0.15, 0.2) is 5.16 Å². The second-order valence-corrected chi connectivity index (χ2v) is 5.10. The molecule has 1 aromatic carbocycles. The fourth-order valence-corrected chi connectivity index (χ4v) is 2.42. The molecule has 0 fully saturated rings. The Labute approximate surface area is 119 Å². The standard InChI is InChI=1S/C14H13F3N2S/c1-2-11-8-12(14(15,16)17)19-13(18-11)20-9-10-6-4-3-5-7-10/h3-8H,2,9H2,1H3. The van der Waals surface area contributed by atoms with Crippen molar-refractivity contribution >= 4 is 11.8 Å². The molecule has 20 heavy (non-hydrogen) atoms. The molecule has 106 valence electrons. The summed E-state index contributed by atoms with van der Waals surface area (Å²) >= 11 is 1.21. The zero-order valence-electron chi connectivity index (χ0n) is 10.8. The molecule has 0 aliphatic rings. The van der Waals surface area contributed by atoms with Crippen molar-refractivity contribution < 1.29 is 13.2 Å². The average molecular weight is 298 g/mol. The van der Waals surface area contributed by atoms with E-state index in [0.717, 1.165) is 11.6 Å². The van der Waals surface area contributed by atoms with E-state index in [2.05, 4.69) is 9.97 Å². The van der Waals surface area contributed by atoms with Gasteiger partial charge in [0.1, 0.15) is 5.69 Å². The third-order valence-electron chi connectivity index (χ3n) is 2.62. The summed E-state index contributed by atoms with van der Waals surface area (Å²) in [5, 5.41) is 0.167. The molecule has 1 heterocycles. The molecular weight excluding hydrogens is 285 g/mol. The van der Waals surface area contributed by atoms with Crippen LogP contribution in [0.2, 0.25) is 0 Å². The van der Waals surface area contributed by atoms with Crippen LogP contribution in [0.3, 0.4) is 0 Å². The molecule has 0 aliphatic carbocycles. The van der Waals surface area contributed by atoms with Crippen LogP contribution >= 0.6 is 11.8 Å². The summed E-state index contributed by atoms with van der Waals surface area (Å²) in [5.41, 5.74) is 0.555. The molecule has 0 N–H and O–H groups in total. The van der Waals surface area contributed by atoms with Gasteiger partial charge in [0.05, 0.1) is 0 Å². The first-order valence-corrected chi connectivity index (χ1v) is 7.09. The quantitative estimate of drug-likeness (QED) is 0.620. The Bertz CT molecular complexity index is 570. The van der Waals surface area contributed by atoms with Gasteiger partial charge in [-0.15, -0.1) is 0 Å². The average Bonchev–Trinajstić information content (AvgIpc) is 2.45. The number of benzene rings is 1. The molecular formula is C14H13F3N2S. The van der Waals surface area contributed by atoms with Crippen LogP contribution in [0, 0.1) is 0 Å². The molecule has 0 bridgehead atoms. The molecule has 0 atom stereocenters. The Kier molecular flexibility index (Phi) is 4.65. The van der Waals surface area contributed by atoms with Crippen molar-refractivity contribution in [1.82, 2.24) is 9.97 Å². The van der Waals surface area contributed by atoms with Crippen molar-refractivity contribution in [2.24, 2.45) is 0 Å². The fraction of sp³-hybridized carbons (Fsp3) is 0.286. The molecule has 0 radical (unpaired) electrons. The molecule has 0 unspecified atom stereocenters. The molecule has 0 saturated heterocycles. The first kappa shape index (κ1) is 14.8. The largest absolute Gasteiger partial charge is 0.433 e. The Hall–Kier alpha value is -1.56. The summed E-state index contributed by atoms with van der Waals surface area (Å²) in [7, 11) is 0. The lowest BCUT2D eigenvalue weighted by atomic mass is 10.2. The molecule has 0 amide bonds. The predicted molar refractivity (Wildman–Crippen MR) is 72.4 cm³/mol. The summed E-state index contributed by atoms with van der Waals surface area (Å²) in [6.45, 7) is 1.77.